The predicted molar refractivity (Wildman–Crippen MR) is 145 cm³/mol. The van der Waals surface area contributed by atoms with E-state index in [2.05, 4.69) is 64.6 Å². The lowest BCUT2D eigenvalue weighted by atomic mass is 9.65. The van der Waals surface area contributed by atoms with Gasteiger partial charge in [0.1, 0.15) is 0 Å². The molecule has 8 nitrogen and oxygen atoms in total. The maximum atomic E-state index is 12.3. The molecule has 1 saturated carbocycles. The van der Waals surface area contributed by atoms with Crippen LogP contribution in [0.15, 0.2) is 61.2 Å². The summed E-state index contributed by atoms with van der Waals surface area (Å²) in [5.41, 5.74) is 2.65. The molecule has 1 saturated heterocycles. The first-order chi connectivity index (χ1) is 19.0. The van der Waals surface area contributed by atoms with Crippen LogP contribution in [0, 0.1) is 0 Å². The van der Waals surface area contributed by atoms with Crippen molar-refractivity contribution in [3.8, 4) is 11.5 Å². The number of nitrogens with zero attached hydrogens (tertiary/aromatic N) is 1. The maximum absolute atomic E-state index is 12.3. The Morgan fingerprint density at radius 2 is 1.80 bits per heavy atom. The third-order valence-corrected chi connectivity index (χ3v) is 7.54. The van der Waals surface area contributed by atoms with E-state index in [1.807, 2.05) is 6.07 Å². The summed E-state index contributed by atoms with van der Waals surface area (Å²) in [6.07, 6.45) is 0.593. The van der Waals surface area contributed by atoms with Crippen LogP contribution in [0.3, 0.4) is 0 Å². The molecule has 2 amide bonds. The van der Waals surface area contributed by atoms with Crippen molar-refractivity contribution in [1.29, 1.82) is 0 Å². The van der Waals surface area contributed by atoms with Gasteiger partial charge in [-0.05, 0) is 55.5 Å². The van der Waals surface area contributed by atoms with Crippen LogP contribution in [-0.4, -0.2) is 67.6 Å². The number of carboxylic acid groups (broad SMARTS) is 1. The lowest BCUT2D eigenvalue weighted by Gasteiger charge is -2.45. The summed E-state index contributed by atoms with van der Waals surface area (Å²) in [5, 5.41) is 13.2. The van der Waals surface area contributed by atoms with Crippen LogP contribution in [0.4, 0.5) is 18.0 Å². The van der Waals surface area contributed by atoms with E-state index in [4.69, 9.17) is 19.4 Å². The highest BCUT2D eigenvalue weighted by Crippen LogP contribution is 2.50. The number of amides is 2. The number of urea groups is 1. The fourth-order valence-electron chi connectivity index (χ4n) is 5.67. The summed E-state index contributed by atoms with van der Waals surface area (Å²) in [6.45, 7) is 6.09. The van der Waals surface area contributed by atoms with Crippen molar-refractivity contribution in [1.82, 2.24) is 15.5 Å². The van der Waals surface area contributed by atoms with Gasteiger partial charge in [-0.1, -0.05) is 42.5 Å². The fourth-order valence-corrected chi connectivity index (χ4v) is 5.67. The second kappa shape index (κ2) is 13.6. The van der Waals surface area contributed by atoms with E-state index < -0.39 is 12.1 Å². The quantitative estimate of drug-likeness (QED) is 0.396. The number of likely N-dealkylation sites (tertiary alicyclic amines) is 1. The van der Waals surface area contributed by atoms with Gasteiger partial charge in [0.05, 0.1) is 14.2 Å². The van der Waals surface area contributed by atoms with Crippen molar-refractivity contribution < 1.29 is 37.3 Å². The number of fused-ring (bicyclic) bond motifs is 1. The van der Waals surface area contributed by atoms with Crippen molar-refractivity contribution >= 4 is 12.0 Å². The largest absolute Gasteiger partial charge is 0.493 e. The van der Waals surface area contributed by atoms with Crippen LogP contribution in [0.5, 0.6) is 11.5 Å². The Balaban J connectivity index is 0.000000559. The van der Waals surface area contributed by atoms with Gasteiger partial charge in [0.2, 0.25) is 0 Å². The molecule has 0 bridgehead atoms. The van der Waals surface area contributed by atoms with Crippen LogP contribution in [-0.2, 0) is 16.8 Å². The Morgan fingerprint density at radius 3 is 2.40 bits per heavy atom. The molecule has 0 aromatic heterocycles. The average Bonchev–Trinajstić information content (AvgIpc) is 3.30. The zero-order valence-electron chi connectivity index (χ0n) is 22.7. The molecule has 0 radical (unpaired) electrons. The van der Waals surface area contributed by atoms with Gasteiger partial charge < -0.3 is 25.2 Å². The molecule has 4 rings (SSSR count). The van der Waals surface area contributed by atoms with Gasteiger partial charge in [0.15, 0.2) is 11.5 Å². The van der Waals surface area contributed by atoms with Gasteiger partial charge in [-0.25, -0.2) is 9.59 Å². The Bertz CT molecular complexity index is 1160. The van der Waals surface area contributed by atoms with Crippen LogP contribution in [0.2, 0.25) is 0 Å². The Kier molecular flexibility index (Phi) is 10.4. The number of nitrogens with one attached hydrogen (secondary N) is 2. The van der Waals surface area contributed by atoms with Crippen molar-refractivity contribution in [2.24, 2.45) is 0 Å². The third kappa shape index (κ3) is 7.47. The summed E-state index contributed by atoms with van der Waals surface area (Å²) in [6, 6.07) is 17.4. The summed E-state index contributed by atoms with van der Waals surface area (Å²) in [5.74, 6) is -1.23. The lowest BCUT2D eigenvalue weighted by molar-refractivity contribution is -0.192. The molecular formula is C29H36F3N3O5. The highest BCUT2D eigenvalue weighted by Gasteiger charge is 2.51. The molecule has 2 fully saturated rings. The third-order valence-electron chi connectivity index (χ3n) is 7.54. The summed E-state index contributed by atoms with van der Waals surface area (Å²) >= 11 is 0. The maximum Gasteiger partial charge on any atom is 0.490 e. The molecule has 1 heterocycles. The monoisotopic (exact) mass is 563 g/mol. The number of benzene rings is 2. The number of carboxylic acids is 1. The number of carbonyl (C=O) groups is 2. The molecule has 3 unspecified atom stereocenters. The van der Waals surface area contributed by atoms with Gasteiger partial charge in [-0.3, -0.25) is 4.90 Å². The molecule has 2 aromatic carbocycles. The number of methoxy groups -OCH3 is 2. The zero-order valence-corrected chi connectivity index (χ0v) is 22.7. The van der Waals surface area contributed by atoms with Crippen LogP contribution >= 0.6 is 0 Å². The summed E-state index contributed by atoms with van der Waals surface area (Å²) in [4.78, 5) is 23.8. The number of ether oxygens (including phenoxy) is 2. The Hall–Kier alpha value is -3.73. The summed E-state index contributed by atoms with van der Waals surface area (Å²) in [7, 11) is 3.36. The van der Waals surface area contributed by atoms with Crippen molar-refractivity contribution in [3.63, 3.8) is 0 Å². The topological polar surface area (TPSA) is 100 Å². The van der Waals surface area contributed by atoms with Gasteiger partial charge in [-0.15, -0.1) is 6.58 Å². The number of carbonyl (C=O) groups excluding carboxylic acids is 1. The first kappa shape index (κ1) is 30.8. The highest BCUT2D eigenvalue weighted by atomic mass is 19.4. The van der Waals surface area contributed by atoms with E-state index in [-0.39, 0.29) is 17.5 Å². The van der Waals surface area contributed by atoms with E-state index in [9.17, 15) is 18.0 Å². The van der Waals surface area contributed by atoms with E-state index in [0.29, 0.717) is 12.6 Å². The average molecular weight is 564 g/mol. The minimum absolute atomic E-state index is 0.0318. The van der Waals surface area contributed by atoms with Crippen molar-refractivity contribution in [3.05, 3.63) is 72.3 Å². The first-order valence-electron chi connectivity index (χ1n) is 13.0. The SMILES string of the molecule is C=CCNC(=O)NC1CCC2(c3ccc(OC)c(OC)c3)CCN(Cc3ccccc3)C2C1.O=C(O)C(F)(F)F. The fraction of sp³-hybridized carbons (Fsp3) is 0.448. The molecule has 218 valence electrons. The van der Waals surface area contributed by atoms with Gasteiger partial charge in [0, 0.05) is 30.6 Å². The zero-order chi connectivity index (χ0) is 29.3. The molecule has 2 aliphatic rings. The number of hydrogen-bond donors (Lipinski definition) is 3. The lowest BCUT2D eigenvalue weighted by Crippen LogP contribution is -2.53. The van der Waals surface area contributed by atoms with E-state index in [1.54, 1.807) is 20.3 Å². The molecule has 2 aromatic rings. The second-order valence-electron chi connectivity index (χ2n) is 9.87. The van der Waals surface area contributed by atoms with Gasteiger partial charge in [-0.2, -0.15) is 13.2 Å². The van der Waals surface area contributed by atoms with E-state index >= 15 is 0 Å². The molecular weight excluding hydrogens is 527 g/mol. The van der Waals surface area contributed by atoms with Gasteiger partial charge >= 0.3 is 18.2 Å². The number of hydrogen-bond acceptors (Lipinski definition) is 5. The minimum atomic E-state index is -5.08. The van der Waals surface area contributed by atoms with E-state index in [1.165, 1.54) is 11.1 Å². The molecule has 1 aliphatic heterocycles. The smallest absolute Gasteiger partial charge is 0.490 e. The minimum Gasteiger partial charge on any atom is -0.493 e. The van der Waals surface area contributed by atoms with Crippen molar-refractivity contribution in [2.45, 2.75) is 55.9 Å². The van der Waals surface area contributed by atoms with Crippen LogP contribution < -0.4 is 20.1 Å². The normalized spacial score (nSPS) is 22.2. The molecule has 11 heteroatoms. The van der Waals surface area contributed by atoms with Gasteiger partial charge in [0.25, 0.3) is 0 Å². The van der Waals surface area contributed by atoms with E-state index in [0.717, 1.165) is 50.3 Å². The first-order valence-corrected chi connectivity index (χ1v) is 13.0. The number of alkyl halides is 3. The Labute approximate surface area is 232 Å². The van der Waals surface area contributed by atoms with Crippen molar-refractivity contribution in [2.75, 3.05) is 27.3 Å². The molecule has 1 aliphatic carbocycles. The van der Waals surface area contributed by atoms with Crippen LogP contribution in [0.1, 0.15) is 36.8 Å². The predicted octanol–water partition coefficient (Wildman–Crippen LogP) is 4.89. The summed E-state index contributed by atoms with van der Waals surface area (Å²) < 4.78 is 42.9. The second-order valence-corrected chi connectivity index (χ2v) is 9.87. The highest BCUT2D eigenvalue weighted by molar-refractivity contribution is 5.74. The standard InChI is InChI=1S/C27H35N3O3.C2HF3O2/c1-4-15-28-26(31)29-22-12-13-27(21-10-11-23(32-2)24(17-21)33-3)14-16-30(25(27)18-22)19-20-8-6-5-7-9-20;3-2(4,5)1(6)7/h4-11,17,22,25H,1,12-16,18-19H2,2-3H3,(H2,28,29,31);(H,6,7). The molecule has 3 atom stereocenters. The van der Waals surface area contributed by atoms with Crippen LogP contribution in [0.25, 0.3) is 0 Å². The number of halogens is 3. The molecule has 40 heavy (non-hydrogen) atoms. The number of rotatable bonds is 8. The number of aliphatic carboxylic acids is 1. The Morgan fingerprint density at radius 1 is 1.12 bits per heavy atom. The molecule has 3 N–H and O–H groups in total. The molecule has 0 spiro atoms.